The van der Waals surface area contributed by atoms with E-state index in [-0.39, 0.29) is 4.58 Å². The predicted octanol–water partition coefficient (Wildman–Crippen LogP) is 6.69. The van der Waals surface area contributed by atoms with E-state index in [2.05, 4.69) is 39.0 Å². The Balaban J connectivity index is 2.08. The fourth-order valence-electron chi connectivity index (χ4n) is 2.64. The van der Waals surface area contributed by atoms with Crippen LogP contribution in [0.2, 0.25) is 0 Å². The highest BCUT2D eigenvalue weighted by molar-refractivity contribution is 8.11. The monoisotopic (exact) mass is 372 g/mol. The molecule has 2 aromatic carbocycles. The van der Waals surface area contributed by atoms with Gasteiger partial charge in [0.15, 0.2) is 0 Å². The first-order chi connectivity index (χ1) is 12.1. The zero-order valence-electron chi connectivity index (χ0n) is 15.4. The van der Waals surface area contributed by atoms with Crippen molar-refractivity contribution in [3.63, 3.8) is 0 Å². The van der Waals surface area contributed by atoms with Gasteiger partial charge in [0.05, 0.1) is 15.4 Å². The summed E-state index contributed by atoms with van der Waals surface area (Å²) in [6, 6.07) is 20.2. The van der Waals surface area contributed by atoms with Crippen LogP contribution in [-0.2, 0) is 10.8 Å². The molecule has 0 heterocycles. The molecule has 0 amide bonds. The van der Waals surface area contributed by atoms with Crippen molar-refractivity contribution < 1.29 is 4.21 Å². The van der Waals surface area contributed by atoms with E-state index in [0.717, 1.165) is 24.2 Å². The third-order valence-corrected chi connectivity index (χ3v) is 7.25. The molecule has 3 heteroatoms. The first kappa shape index (κ1) is 20.0. The third-order valence-electron chi connectivity index (χ3n) is 4.03. The van der Waals surface area contributed by atoms with Crippen molar-refractivity contribution in [1.29, 1.82) is 0 Å². The first-order valence-electron chi connectivity index (χ1n) is 8.87. The molecule has 0 aliphatic heterocycles. The lowest BCUT2D eigenvalue weighted by molar-refractivity contribution is 0.513. The van der Waals surface area contributed by atoms with Crippen molar-refractivity contribution in [3.8, 4) is 0 Å². The molecule has 0 aromatic heterocycles. The predicted molar refractivity (Wildman–Crippen MR) is 111 cm³/mol. The summed E-state index contributed by atoms with van der Waals surface area (Å²) in [4.78, 5) is 2.11. The van der Waals surface area contributed by atoms with Crippen LogP contribution in [0.1, 0.15) is 40.0 Å². The van der Waals surface area contributed by atoms with E-state index in [1.165, 1.54) is 10.5 Å². The second-order valence-corrected chi connectivity index (χ2v) is 9.88. The lowest BCUT2D eigenvalue weighted by atomic mass is 10.0. The Hall–Kier alpha value is -1.32. The molecule has 134 valence electrons. The normalized spacial score (nSPS) is 14.5. The Bertz CT molecular complexity index is 676. The molecule has 0 radical (unpaired) electrons. The summed E-state index contributed by atoms with van der Waals surface area (Å²) in [5.41, 5.74) is 1.37. The van der Waals surface area contributed by atoms with Crippen molar-refractivity contribution in [2.45, 2.75) is 54.4 Å². The second kappa shape index (κ2) is 10.6. The second-order valence-electron chi connectivity index (χ2n) is 6.67. The molecule has 0 N–H and O–H groups in total. The highest BCUT2D eigenvalue weighted by Gasteiger charge is 2.22. The van der Waals surface area contributed by atoms with Gasteiger partial charge in [-0.05, 0) is 63.3 Å². The maximum absolute atomic E-state index is 13.1. The van der Waals surface area contributed by atoms with E-state index in [9.17, 15) is 4.21 Å². The summed E-state index contributed by atoms with van der Waals surface area (Å²) >= 11 is 1.74. The van der Waals surface area contributed by atoms with Crippen LogP contribution >= 0.6 is 11.8 Å². The van der Waals surface area contributed by atoms with E-state index in [0.29, 0.717) is 5.92 Å². The summed E-state index contributed by atoms with van der Waals surface area (Å²) < 4.78 is 13.2. The molecular formula is C22H28OS2. The fraction of sp³-hybridized carbons (Fsp3) is 0.364. The minimum Gasteiger partial charge on any atom is -0.253 e. The molecule has 2 unspecified atom stereocenters. The Morgan fingerprint density at radius 3 is 2.24 bits per heavy atom. The largest absolute Gasteiger partial charge is 0.253 e. The average Bonchev–Trinajstić information content (AvgIpc) is 2.62. The van der Waals surface area contributed by atoms with Crippen LogP contribution in [0.25, 0.3) is 0 Å². The van der Waals surface area contributed by atoms with Crippen molar-refractivity contribution in [3.05, 3.63) is 72.3 Å². The number of hydrogen-bond donors (Lipinski definition) is 0. The van der Waals surface area contributed by atoms with Gasteiger partial charge in [-0.2, -0.15) is 0 Å². The van der Waals surface area contributed by atoms with Gasteiger partial charge in [-0.1, -0.05) is 55.0 Å². The number of benzene rings is 2. The maximum Gasteiger partial charge on any atom is 0.0897 e. The van der Waals surface area contributed by atoms with Crippen molar-refractivity contribution in [1.82, 2.24) is 0 Å². The van der Waals surface area contributed by atoms with Gasteiger partial charge in [0.1, 0.15) is 0 Å². The minimum atomic E-state index is -1.01. The van der Waals surface area contributed by atoms with Crippen LogP contribution in [0, 0.1) is 5.92 Å². The Labute approximate surface area is 159 Å². The maximum atomic E-state index is 13.1. The third kappa shape index (κ3) is 7.21. The lowest BCUT2D eigenvalue weighted by Crippen LogP contribution is -2.15. The van der Waals surface area contributed by atoms with Gasteiger partial charge < -0.3 is 0 Å². The topological polar surface area (TPSA) is 17.1 Å². The zero-order chi connectivity index (χ0) is 18.1. The Kier molecular flexibility index (Phi) is 8.50. The summed E-state index contributed by atoms with van der Waals surface area (Å²) in [5, 5.41) is 0. The van der Waals surface area contributed by atoms with Gasteiger partial charge in [-0.15, -0.1) is 11.8 Å². The van der Waals surface area contributed by atoms with Crippen molar-refractivity contribution >= 4 is 22.6 Å². The Morgan fingerprint density at radius 2 is 1.64 bits per heavy atom. The molecule has 2 aromatic rings. The van der Waals surface area contributed by atoms with Crippen molar-refractivity contribution in [2.24, 2.45) is 5.92 Å². The van der Waals surface area contributed by atoms with Crippen LogP contribution in [0.4, 0.5) is 0 Å². The lowest BCUT2D eigenvalue weighted by Gasteiger charge is -2.20. The van der Waals surface area contributed by atoms with Crippen LogP contribution in [0.3, 0.4) is 0 Å². The van der Waals surface area contributed by atoms with E-state index in [4.69, 9.17) is 0 Å². The zero-order valence-corrected chi connectivity index (χ0v) is 17.0. The average molecular weight is 373 g/mol. The molecule has 0 fully saturated rings. The number of thioether (sulfide) groups is 1. The summed E-state index contributed by atoms with van der Waals surface area (Å²) in [6.45, 7) is 6.56. The van der Waals surface area contributed by atoms with Crippen molar-refractivity contribution in [2.75, 3.05) is 0 Å². The highest BCUT2D eigenvalue weighted by atomic mass is 32.2. The molecule has 2 rings (SSSR count). The van der Waals surface area contributed by atoms with E-state index in [1.54, 1.807) is 11.8 Å². The molecule has 0 aliphatic carbocycles. The first-order valence-corrected chi connectivity index (χ1v) is 11.0. The van der Waals surface area contributed by atoms with Gasteiger partial charge in [-0.3, -0.25) is 4.21 Å². The number of rotatable bonds is 9. The molecule has 0 bridgehead atoms. The van der Waals surface area contributed by atoms with Gasteiger partial charge in [-0.25, -0.2) is 0 Å². The van der Waals surface area contributed by atoms with Gasteiger partial charge in [0.2, 0.25) is 0 Å². The highest BCUT2D eigenvalue weighted by Crippen LogP contribution is 2.33. The standard InChI is InChI=1S/C22H28OS2/c1-18(2)11-10-12-19(3)17-22(24-20-13-6-4-7-14-20)25(23)21-15-8-5-9-16-21/h4-9,11,13-16,19,22H,10,12,17H2,1-3H3/t19-,22?,25?/m0/s1. The summed E-state index contributed by atoms with van der Waals surface area (Å²) in [5.74, 6) is 0.546. The van der Waals surface area contributed by atoms with E-state index < -0.39 is 10.8 Å². The molecule has 3 atom stereocenters. The SMILES string of the molecule is CC(C)=CCC[C@H](C)CC(Sc1ccccc1)S(=O)c1ccccc1. The Morgan fingerprint density at radius 1 is 1.04 bits per heavy atom. The van der Waals surface area contributed by atoms with E-state index in [1.807, 2.05) is 48.5 Å². The fourth-order valence-corrected chi connectivity index (χ4v) is 5.93. The molecule has 25 heavy (non-hydrogen) atoms. The molecule has 0 saturated carbocycles. The van der Waals surface area contributed by atoms with E-state index >= 15 is 0 Å². The number of hydrogen-bond acceptors (Lipinski definition) is 2. The summed E-state index contributed by atoms with van der Waals surface area (Å²) in [7, 11) is -1.01. The molecule has 0 spiro atoms. The van der Waals surface area contributed by atoms with Crippen LogP contribution in [0.5, 0.6) is 0 Å². The van der Waals surface area contributed by atoms with Crippen LogP contribution in [0.15, 0.2) is 82.1 Å². The number of allylic oxidation sites excluding steroid dienone is 2. The summed E-state index contributed by atoms with van der Waals surface area (Å²) in [6.07, 6.45) is 5.49. The van der Waals surface area contributed by atoms with Gasteiger partial charge in [0.25, 0.3) is 0 Å². The quantitative estimate of drug-likeness (QED) is 0.360. The minimum absolute atomic E-state index is 0.0755. The molecule has 0 saturated heterocycles. The smallest absolute Gasteiger partial charge is 0.0897 e. The molecule has 1 nitrogen and oxygen atoms in total. The van der Waals surface area contributed by atoms with Crippen LogP contribution in [-0.4, -0.2) is 8.79 Å². The van der Waals surface area contributed by atoms with Gasteiger partial charge in [0, 0.05) is 9.79 Å². The van der Waals surface area contributed by atoms with Crippen LogP contribution < -0.4 is 0 Å². The van der Waals surface area contributed by atoms with Gasteiger partial charge >= 0.3 is 0 Å². The molecular weight excluding hydrogens is 344 g/mol. The molecule has 0 aliphatic rings.